The van der Waals surface area contributed by atoms with E-state index in [4.69, 9.17) is 14.5 Å². The second kappa shape index (κ2) is 17.3. The Balaban J connectivity index is 1.21. The second-order valence-electron chi connectivity index (χ2n) is 17.6. The molecule has 1 aromatic heterocycles. The van der Waals surface area contributed by atoms with Crippen LogP contribution in [-0.4, -0.2) is 91.3 Å². The van der Waals surface area contributed by atoms with Gasteiger partial charge in [0.1, 0.15) is 29.2 Å². The number of amides is 4. The Labute approximate surface area is 357 Å². The molecule has 0 spiro atoms. The molecule has 3 heterocycles. The smallest absolute Gasteiger partial charge is 0.264 e. The number of methoxy groups -OCH3 is 1. The number of aryl methyl sites for hydroxylation is 1. The highest BCUT2D eigenvalue weighted by Gasteiger charge is 2.61. The number of pyridine rings is 1. The van der Waals surface area contributed by atoms with Gasteiger partial charge in [0.25, 0.3) is 15.9 Å². The Morgan fingerprint density at radius 2 is 1.69 bits per heavy atom. The molecule has 4 amide bonds. The molecule has 3 aliphatic rings. The van der Waals surface area contributed by atoms with E-state index in [1.807, 2.05) is 87.2 Å². The highest BCUT2D eigenvalue weighted by atomic mass is 32.2. The zero-order valence-corrected chi connectivity index (χ0v) is 36.3. The molecule has 1 saturated carbocycles. The lowest BCUT2D eigenvalue weighted by molar-refractivity contribution is -0.148. The summed E-state index contributed by atoms with van der Waals surface area (Å²) in [6.07, 6.45) is 3.81. The van der Waals surface area contributed by atoms with E-state index in [0.29, 0.717) is 41.2 Å². The molecule has 2 N–H and O–H groups in total. The van der Waals surface area contributed by atoms with Crippen LogP contribution in [0.1, 0.15) is 64.9 Å². The van der Waals surface area contributed by atoms with Crippen LogP contribution in [0.3, 0.4) is 0 Å². The van der Waals surface area contributed by atoms with Gasteiger partial charge in [-0.15, -0.1) is 6.58 Å². The van der Waals surface area contributed by atoms with Gasteiger partial charge >= 0.3 is 0 Å². The van der Waals surface area contributed by atoms with E-state index in [-0.39, 0.29) is 42.5 Å². The number of hydrogen-bond acceptors (Lipinski definition) is 9. The van der Waals surface area contributed by atoms with Gasteiger partial charge in [0, 0.05) is 54.9 Å². The number of hydrogen-bond donors (Lipinski definition) is 2. The van der Waals surface area contributed by atoms with E-state index in [2.05, 4.69) is 16.6 Å². The summed E-state index contributed by atoms with van der Waals surface area (Å²) in [5.74, 6) is -2.28. The van der Waals surface area contributed by atoms with Crippen molar-refractivity contribution >= 4 is 44.6 Å². The number of likely N-dealkylation sites (tertiary alicyclic amines) is 2. The normalized spacial score (nSPS) is 22.0. The minimum absolute atomic E-state index is 0.00787. The summed E-state index contributed by atoms with van der Waals surface area (Å²) in [4.78, 5) is 65.4. The number of rotatable bonds is 13. The van der Waals surface area contributed by atoms with E-state index in [0.717, 1.165) is 30.4 Å². The number of piperidine rings is 1. The molecule has 1 unspecified atom stereocenters. The fourth-order valence-electron chi connectivity index (χ4n) is 8.45. The lowest BCUT2D eigenvalue weighted by atomic mass is 9.77. The Morgan fingerprint density at radius 3 is 2.33 bits per heavy atom. The molecule has 4 aromatic rings. The van der Waals surface area contributed by atoms with Gasteiger partial charge in [-0.1, -0.05) is 74.9 Å². The summed E-state index contributed by atoms with van der Waals surface area (Å²) in [6.45, 7) is 12.7. The topological polar surface area (TPSA) is 164 Å². The maximum Gasteiger partial charge on any atom is 0.264 e. The molecular weight excluding hydrogens is 795 g/mol. The molecular formula is C47H55N5O8S. The first-order chi connectivity index (χ1) is 29.0. The Hall–Kier alpha value is -5.76. The molecule has 1 aliphatic carbocycles. The van der Waals surface area contributed by atoms with Gasteiger partial charge in [-0.25, -0.2) is 18.1 Å². The van der Waals surface area contributed by atoms with Gasteiger partial charge in [-0.05, 0) is 62.3 Å². The van der Waals surface area contributed by atoms with Crippen molar-refractivity contribution in [2.24, 2.45) is 17.3 Å². The highest BCUT2D eigenvalue weighted by Crippen LogP contribution is 2.46. The average molecular weight is 850 g/mol. The van der Waals surface area contributed by atoms with Gasteiger partial charge in [-0.3, -0.25) is 19.2 Å². The summed E-state index contributed by atoms with van der Waals surface area (Å²) in [7, 11) is -2.71. The molecule has 322 valence electrons. The monoisotopic (exact) mass is 849 g/mol. The van der Waals surface area contributed by atoms with E-state index in [9.17, 15) is 27.6 Å². The van der Waals surface area contributed by atoms with Crippen molar-refractivity contribution in [2.75, 3.05) is 26.7 Å². The zero-order chi connectivity index (χ0) is 43.7. The quantitative estimate of drug-likeness (QED) is 0.149. The minimum atomic E-state index is -4.29. The van der Waals surface area contributed by atoms with E-state index in [1.54, 1.807) is 19.2 Å². The molecule has 3 fully saturated rings. The third-order valence-corrected chi connectivity index (χ3v) is 13.6. The van der Waals surface area contributed by atoms with Crippen LogP contribution in [0.5, 0.6) is 11.5 Å². The third-order valence-electron chi connectivity index (χ3n) is 12.2. The molecule has 2 aliphatic heterocycles. The summed E-state index contributed by atoms with van der Waals surface area (Å²) >= 11 is 0. The summed E-state index contributed by atoms with van der Waals surface area (Å²) in [5.41, 5.74) is 0.695. The molecule has 0 bridgehead atoms. The van der Waals surface area contributed by atoms with E-state index in [1.165, 1.54) is 23.1 Å². The Morgan fingerprint density at radius 1 is 0.984 bits per heavy atom. The predicted molar refractivity (Wildman–Crippen MR) is 232 cm³/mol. The van der Waals surface area contributed by atoms with Crippen molar-refractivity contribution in [3.05, 3.63) is 97.1 Å². The van der Waals surface area contributed by atoms with Crippen molar-refractivity contribution < 1.29 is 37.1 Å². The fourth-order valence-corrected chi connectivity index (χ4v) is 9.49. The number of sulfonamides is 1. The average Bonchev–Trinajstić information content (AvgIpc) is 3.81. The molecule has 0 radical (unpaired) electrons. The van der Waals surface area contributed by atoms with Crippen LogP contribution in [0.4, 0.5) is 0 Å². The van der Waals surface area contributed by atoms with Crippen LogP contribution in [0.15, 0.2) is 96.4 Å². The van der Waals surface area contributed by atoms with Gasteiger partial charge in [0.05, 0.1) is 35.7 Å². The molecule has 13 nitrogen and oxygen atoms in total. The van der Waals surface area contributed by atoms with Crippen molar-refractivity contribution in [1.82, 2.24) is 24.8 Å². The number of nitrogens with zero attached hydrogens (tertiary/aromatic N) is 3. The lowest BCUT2D eigenvalue weighted by Gasteiger charge is -2.36. The molecule has 7 rings (SSSR count). The third kappa shape index (κ3) is 9.29. The maximum atomic E-state index is 15.0. The first kappa shape index (κ1) is 43.3. The Kier molecular flexibility index (Phi) is 12.3. The van der Waals surface area contributed by atoms with Gasteiger partial charge in [0.2, 0.25) is 17.7 Å². The number of fused-ring (bicyclic) bond motifs is 1. The van der Waals surface area contributed by atoms with Crippen LogP contribution >= 0.6 is 0 Å². The van der Waals surface area contributed by atoms with Crippen LogP contribution in [0, 0.1) is 24.2 Å². The van der Waals surface area contributed by atoms with Crippen molar-refractivity contribution in [2.45, 2.75) is 88.8 Å². The van der Waals surface area contributed by atoms with Crippen LogP contribution in [0.2, 0.25) is 0 Å². The number of carbonyl (C=O) groups is 4. The highest BCUT2D eigenvalue weighted by molar-refractivity contribution is 7.90. The number of benzene rings is 3. The van der Waals surface area contributed by atoms with E-state index < -0.39 is 56.8 Å². The Bertz CT molecular complexity index is 2430. The van der Waals surface area contributed by atoms with Crippen LogP contribution in [0.25, 0.3) is 22.2 Å². The summed E-state index contributed by atoms with van der Waals surface area (Å²) in [6, 6.07) is 21.9. The zero-order valence-electron chi connectivity index (χ0n) is 35.5. The van der Waals surface area contributed by atoms with Crippen LogP contribution in [-0.2, 0) is 29.2 Å². The summed E-state index contributed by atoms with van der Waals surface area (Å²) in [5, 5.41) is 3.57. The summed E-state index contributed by atoms with van der Waals surface area (Å²) < 4.78 is 41.2. The molecule has 14 heteroatoms. The minimum Gasteiger partial charge on any atom is -0.497 e. The molecule has 61 heavy (non-hydrogen) atoms. The maximum absolute atomic E-state index is 15.0. The standard InChI is InChI=1S/C47H55N5O8S/c1-7-32-28-47(32,45(56)50-61(57,58)35-19-16-30(2)17-20-35)49-43(54)40-25-34(29-52(40)44(55)37(46(3,4)5)26-42(53)51-22-12-9-13-23-51)60-41-27-38(31-14-10-8-11-15-31)48-39-24-33(59-6)18-21-36(39)41/h7-8,10-11,14-21,24,27,32,34,37,40H,1,9,12-13,22-23,25-26,28-29H2,2-6H3,(H,49,54)(H,50,56)/t32-,34-,37?,40+,47-/m1/s1. The van der Waals surface area contributed by atoms with Gasteiger partial charge in [0.15, 0.2) is 0 Å². The van der Waals surface area contributed by atoms with Crippen molar-refractivity contribution in [3.63, 3.8) is 0 Å². The predicted octanol–water partition coefficient (Wildman–Crippen LogP) is 6.20. The fraction of sp³-hybridized carbons (Fsp3) is 0.426. The van der Waals surface area contributed by atoms with Gasteiger partial charge in [-0.2, -0.15) is 0 Å². The van der Waals surface area contributed by atoms with Crippen molar-refractivity contribution in [1.29, 1.82) is 0 Å². The molecule has 2 saturated heterocycles. The van der Waals surface area contributed by atoms with Crippen LogP contribution < -0.4 is 19.5 Å². The van der Waals surface area contributed by atoms with Gasteiger partial charge < -0.3 is 24.6 Å². The second-order valence-corrected chi connectivity index (χ2v) is 19.2. The first-order valence-corrected chi connectivity index (χ1v) is 22.4. The van der Waals surface area contributed by atoms with E-state index >= 15 is 0 Å². The first-order valence-electron chi connectivity index (χ1n) is 20.9. The van der Waals surface area contributed by atoms with Crippen molar-refractivity contribution in [3.8, 4) is 22.8 Å². The number of aromatic nitrogens is 1. The largest absolute Gasteiger partial charge is 0.497 e. The number of ether oxygens (including phenoxy) is 2. The SMILES string of the molecule is C=C[C@@H]1C[C@]1(NC(=O)[C@@H]1C[C@@H](Oc2cc(-c3ccccc3)nc3cc(OC)ccc23)CN1C(=O)C(CC(=O)N1CCCCC1)C(C)(C)C)C(=O)NS(=O)(=O)c1ccc(C)cc1. The molecule has 3 aromatic carbocycles. The number of carbonyl (C=O) groups excluding carboxylic acids is 4. The molecule has 5 atom stereocenters. The number of nitrogens with one attached hydrogen (secondary N) is 2. The lowest BCUT2D eigenvalue weighted by Crippen LogP contribution is -2.57.